The van der Waals surface area contributed by atoms with Crippen molar-refractivity contribution in [1.29, 1.82) is 0 Å². The molecule has 0 saturated heterocycles. The Balaban J connectivity index is 2.23. The van der Waals surface area contributed by atoms with E-state index < -0.39 is 35.2 Å². The summed E-state index contributed by atoms with van der Waals surface area (Å²) < 4.78 is 26.7. The van der Waals surface area contributed by atoms with Gasteiger partial charge in [-0.15, -0.1) is 0 Å². The molecule has 3 nitrogen and oxygen atoms in total. The minimum absolute atomic E-state index is 0.0448. The minimum Gasteiger partial charge on any atom is -0.293 e. The van der Waals surface area contributed by atoms with Crippen molar-refractivity contribution in [3.63, 3.8) is 0 Å². The molecule has 0 saturated carbocycles. The highest BCUT2D eigenvalue weighted by Crippen LogP contribution is 2.34. The van der Waals surface area contributed by atoms with E-state index in [1.165, 1.54) is 12.1 Å². The summed E-state index contributed by atoms with van der Waals surface area (Å²) in [5.41, 5.74) is -0.202. The van der Waals surface area contributed by atoms with Gasteiger partial charge in [0.15, 0.2) is 11.6 Å². The SMILES string of the molecule is O=C1c2cccc(F)c2C(=O)C2C=C(F)N=CC12. The molecule has 2 unspecified atom stereocenters. The van der Waals surface area contributed by atoms with Gasteiger partial charge in [-0.1, -0.05) is 12.1 Å². The highest BCUT2D eigenvalue weighted by molar-refractivity contribution is 6.21. The van der Waals surface area contributed by atoms with Crippen LogP contribution in [0, 0.1) is 17.7 Å². The first-order chi connectivity index (χ1) is 8.59. The Morgan fingerprint density at radius 1 is 1.06 bits per heavy atom. The minimum atomic E-state index is -0.987. The van der Waals surface area contributed by atoms with Gasteiger partial charge in [0.05, 0.1) is 17.4 Å². The Morgan fingerprint density at radius 2 is 1.83 bits per heavy atom. The Bertz CT molecular complexity index is 634. The van der Waals surface area contributed by atoms with Gasteiger partial charge in [0.1, 0.15) is 5.82 Å². The van der Waals surface area contributed by atoms with Gasteiger partial charge in [0, 0.05) is 11.8 Å². The molecule has 0 bridgehead atoms. The molecular formula is C13H7F2NO2. The average molecular weight is 247 g/mol. The Morgan fingerprint density at radius 3 is 2.61 bits per heavy atom. The number of hydrogen-bond acceptors (Lipinski definition) is 3. The van der Waals surface area contributed by atoms with Crippen LogP contribution >= 0.6 is 0 Å². The molecule has 1 aliphatic heterocycles. The number of fused-ring (bicyclic) bond motifs is 2. The first kappa shape index (κ1) is 11.0. The molecule has 3 rings (SSSR count). The third-order valence-electron chi connectivity index (χ3n) is 3.19. The number of carbonyl (C=O) groups is 2. The molecular weight excluding hydrogens is 240 g/mol. The molecule has 1 aromatic rings. The number of rotatable bonds is 0. The lowest BCUT2D eigenvalue weighted by atomic mass is 9.73. The van der Waals surface area contributed by atoms with E-state index in [0.29, 0.717) is 0 Å². The molecule has 2 aliphatic rings. The summed E-state index contributed by atoms with van der Waals surface area (Å²) in [6, 6.07) is 3.88. The van der Waals surface area contributed by atoms with E-state index in [9.17, 15) is 18.4 Å². The summed E-state index contributed by atoms with van der Waals surface area (Å²) in [6.07, 6.45) is 2.09. The number of carbonyl (C=O) groups excluding carboxylic acids is 2. The van der Waals surface area contributed by atoms with Crippen molar-refractivity contribution in [3.05, 3.63) is 47.2 Å². The van der Waals surface area contributed by atoms with Crippen LogP contribution in [0.4, 0.5) is 8.78 Å². The van der Waals surface area contributed by atoms with E-state index in [1.54, 1.807) is 0 Å². The van der Waals surface area contributed by atoms with Crippen molar-refractivity contribution in [2.24, 2.45) is 16.8 Å². The Kier molecular flexibility index (Phi) is 2.23. The molecule has 0 fully saturated rings. The molecule has 2 atom stereocenters. The van der Waals surface area contributed by atoms with Crippen molar-refractivity contribution < 1.29 is 18.4 Å². The zero-order valence-corrected chi connectivity index (χ0v) is 9.06. The molecule has 0 aromatic heterocycles. The monoisotopic (exact) mass is 247 g/mol. The van der Waals surface area contributed by atoms with Gasteiger partial charge in [0.2, 0.25) is 5.95 Å². The van der Waals surface area contributed by atoms with Crippen molar-refractivity contribution in [2.45, 2.75) is 0 Å². The number of allylic oxidation sites excluding steroid dienone is 1. The first-order valence-corrected chi connectivity index (χ1v) is 5.38. The molecule has 1 aliphatic carbocycles. The summed E-state index contributed by atoms with van der Waals surface area (Å²) in [7, 11) is 0. The van der Waals surface area contributed by atoms with Crippen LogP contribution in [0.3, 0.4) is 0 Å². The molecule has 18 heavy (non-hydrogen) atoms. The Labute approximate surface area is 101 Å². The molecule has 5 heteroatoms. The quantitative estimate of drug-likeness (QED) is 0.660. The predicted octanol–water partition coefficient (Wildman–Crippen LogP) is 2.33. The van der Waals surface area contributed by atoms with Gasteiger partial charge >= 0.3 is 0 Å². The van der Waals surface area contributed by atoms with Crippen LogP contribution in [0.15, 0.2) is 35.2 Å². The smallest absolute Gasteiger partial charge is 0.209 e. The third kappa shape index (κ3) is 1.37. The number of halogens is 2. The summed E-state index contributed by atoms with van der Waals surface area (Å²) in [5, 5.41) is 0. The maximum atomic E-state index is 13.6. The van der Waals surface area contributed by atoms with Crippen molar-refractivity contribution >= 4 is 17.8 Å². The zero-order valence-electron chi connectivity index (χ0n) is 9.06. The Hall–Kier alpha value is -2.17. The molecule has 0 N–H and O–H groups in total. The van der Waals surface area contributed by atoms with Crippen LogP contribution in [0.1, 0.15) is 20.7 Å². The van der Waals surface area contributed by atoms with Crippen molar-refractivity contribution in [3.8, 4) is 0 Å². The number of aliphatic imine (C=N–C) groups is 1. The summed E-state index contributed by atoms with van der Waals surface area (Å²) in [4.78, 5) is 27.6. The van der Waals surface area contributed by atoms with Gasteiger partial charge in [0.25, 0.3) is 0 Å². The summed E-state index contributed by atoms with van der Waals surface area (Å²) in [5.74, 6) is -4.36. The fraction of sp³-hybridized carbons (Fsp3) is 0.154. The molecule has 0 amide bonds. The molecule has 1 heterocycles. The van der Waals surface area contributed by atoms with E-state index in [1.807, 2.05) is 0 Å². The standard InChI is InChI=1S/C13H7F2NO2/c14-9-3-1-2-6-11(9)13(18)7-4-10(15)16-5-8(7)12(6)17/h1-5,7-8H. The lowest BCUT2D eigenvalue weighted by Gasteiger charge is -2.27. The first-order valence-electron chi connectivity index (χ1n) is 5.38. The van der Waals surface area contributed by atoms with Gasteiger partial charge in [-0.3, -0.25) is 9.59 Å². The van der Waals surface area contributed by atoms with Gasteiger partial charge in [-0.25, -0.2) is 9.38 Å². The number of Topliss-reactive ketones (excluding diaryl/α,β-unsaturated/α-hetero) is 2. The molecule has 90 valence electrons. The van der Waals surface area contributed by atoms with E-state index >= 15 is 0 Å². The summed E-state index contributed by atoms with van der Waals surface area (Å²) in [6.45, 7) is 0. The fourth-order valence-corrected chi connectivity index (χ4v) is 2.33. The van der Waals surface area contributed by atoms with Crippen molar-refractivity contribution in [1.82, 2.24) is 0 Å². The van der Waals surface area contributed by atoms with E-state index in [0.717, 1.165) is 18.4 Å². The second kappa shape index (κ2) is 3.66. The largest absolute Gasteiger partial charge is 0.293 e. The van der Waals surface area contributed by atoms with Crippen LogP contribution in [0.5, 0.6) is 0 Å². The van der Waals surface area contributed by atoms with Crippen LogP contribution < -0.4 is 0 Å². The third-order valence-corrected chi connectivity index (χ3v) is 3.19. The number of hydrogen-bond donors (Lipinski definition) is 0. The number of ketones is 2. The average Bonchev–Trinajstić information content (AvgIpc) is 2.35. The fourth-order valence-electron chi connectivity index (χ4n) is 2.33. The van der Waals surface area contributed by atoms with Crippen LogP contribution in [0.25, 0.3) is 0 Å². The van der Waals surface area contributed by atoms with E-state index in [2.05, 4.69) is 4.99 Å². The topological polar surface area (TPSA) is 46.5 Å². The predicted molar refractivity (Wildman–Crippen MR) is 59.7 cm³/mol. The van der Waals surface area contributed by atoms with E-state index in [-0.39, 0.29) is 11.1 Å². The van der Waals surface area contributed by atoms with Crippen molar-refractivity contribution in [2.75, 3.05) is 0 Å². The van der Waals surface area contributed by atoms with E-state index in [4.69, 9.17) is 0 Å². The maximum absolute atomic E-state index is 13.6. The van der Waals surface area contributed by atoms with Gasteiger partial charge in [-0.05, 0) is 12.1 Å². The zero-order chi connectivity index (χ0) is 12.9. The molecule has 0 radical (unpaired) electrons. The molecule has 0 spiro atoms. The second-order valence-electron chi connectivity index (χ2n) is 4.21. The van der Waals surface area contributed by atoms with Gasteiger partial charge in [-0.2, -0.15) is 4.39 Å². The van der Waals surface area contributed by atoms with Gasteiger partial charge < -0.3 is 0 Å². The number of benzene rings is 1. The lowest BCUT2D eigenvalue weighted by molar-refractivity contribution is 0.0809. The normalized spacial score (nSPS) is 25.6. The van der Waals surface area contributed by atoms with Crippen LogP contribution in [-0.2, 0) is 0 Å². The maximum Gasteiger partial charge on any atom is 0.209 e. The highest BCUT2D eigenvalue weighted by Gasteiger charge is 2.42. The number of nitrogens with zero attached hydrogens (tertiary/aromatic N) is 1. The molecule has 1 aromatic carbocycles. The van der Waals surface area contributed by atoms with Crippen LogP contribution in [0.2, 0.25) is 0 Å². The lowest BCUT2D eigenvalue weighted by Crippen LogP contribution is -2.38. The highest BCUT2D eigenvalue weighted by atomic mass is 19.1. The second-order valence-corrected chi connectivity index (χ2v) is 4.21. The summed E-state index contributed by atoms with van der Waals surface area (Å²) >= 11 is 0. The van der Waals surface area contributed by atoms with Crippen LogP contribution in [-0.4, -0.2) is 17.8 Å².